The number of rotatable bonds is 5. The monoisotopic (exact) mass is 397 g/mol. The van der Waals surface area contributed by atoms with Gasteiger partial charge in [-0.1, -0.05) is 17.4 Å². The average molecular weight is 398 g/mol. The standard InChI is InChI=1S/C21H23N3O3S/c1-3-27-17-5-4-6-18-19(17)22-21(28-18)24-13-11-23(12-14-24)20(25)15-7-9-16(26-2)10-8-15/h4-10H,3,11-14H2,1-2H3. The molecule has 1 saturated heterocycles. The molecule has 28 heavy (non-hydrogen) atoms. The summed E-state index contributed by atoms with van der Waals surface area (Å²) in [5.74, 6) is 1.64. The molecule has 0 radical (unpaired) electrons. The number of piperazine rings is 1. The van der Waals surface area contributed by atoms with Gasteiger partial charge in [0, 0.05) is 31.7 Å². The first-order valence-electron chi connectivity index (χ1n) is 9.40. The third-order valence-corrected chi connectivity index (χ3v) is 5.93. The van der Waals surface area contributed by atoms with Crippen molar-refractivity contribution in [3.8, 4) is 11.5 Å². The van der Waals surface area contributed by atoms with Crippen molar-refractivity contribution < 1.29 is 14.3 Å². The highest BCUT2D eigenvalue weighted by atomic mass is 32.1. The number of methoxy groups -OCH3 is 1. The molecule has 0 saturated carbocycles. The lowest BCUT2D eigenvalue weighted by Crippen LogP contribution is -2.48. The average Bonchev–Trinajstić information content (AvgIpc) is 3.19. The van der Waals surface area contributed by atoms with Crippen molar-refractivity contribution in [2.24, 2.45) is 0 Å². The van der Waals surface area contributed by atoms with E-state index in [1.54, 1.807) is 18.4 Å². The van der Waals surface area contributed by atoms with Crippen LogP contribution in [0.25, 0.3) is 10.2 Å². The number of aromatic nitrogens is 1. The summed E-state index contributed by atoms with van der Waals surface area (Å²) in [4.78, 5) is 21.7. The zero-order chi connectivity index (χ0) is 19.5. The molecule has 0 bridgehead atoms. The fraction of sp³-hybridized carbons (Fsp3) is 0.333. The maximum Gasteiger partial charge on any atom is 0.253 e. The second-order valence-corrected chi connectivity index (χ2v) is 7.55. The van der Waals surface area contributed by atoms with Crippen LogP contribution >= 0.6 is 11.3 Å². The van der Waals surface area contributed by atoms with E-state index >= 15 is 0 Å². The lowest BCUT2D eigenvalue weighted by Gasteiger charge is -2.34. The quantitative estimate of drug-likeness (QED) is 0.658. The molecule has 0 unspecified atom stereocenters. The molecule has 0 aliphatic carbocycles. The minimum Gasteiger partial charge on any atom is -0.497 e. The van der Waals surface area contributed by atoms with Crippen LogP contribution in [0.3, 0.4) is 0 Å². The van der Waals surface area contributed by atoms with Crippen molar-refractivity contribution in [3.05, 3.63) is 48.0 Å². The smallest absolute Gasteiger partial charge is 0.253 e. The number of carbonyl (C=O) groups excluding carboxylic acids is 1. The van der Waals surface area contributed by atoms with E-state index < -0.39 is 0 Å². The zero-order valence-electron chi connectivity index (χ0n) is 16.1. The van der Waals surface area contributed by atoms with E-state index in [0.717, 1.165) is 39.9 Å². The molecule has 1 aliphatic heterocycles. The highest BCUT2D eigenvalue weighted by Crippen LogP contribution is 2.34. The summed E-state index contributed by atoms with van der Waals surface area (Å²) < 4.78 is 12.0. The molecule has 6 nitrogen and oxygen atoms in total. The minimum absolute atomic E-state index is 0.0604. The van der Waals surface area contributed by atoms with Gasteiger partial charge in [0.25, 0.3) is 5.91 Å². The van der Waals surface area contributed by atoms with E-state index in [1.807, 2.05) is 48.2 Å². The lowest BCUT2D eigenvalue weighted by atomic mass is 10.1. The summed E-state index contributed by atoms with van der Waals surface area (Å²) in [5, 5.41) is 0.985. The molecular weight excluding hydrogens is 374 g/mol. The molecule has 1 fully saturated rings. The highest BCUT2D eigenvalue weighted by molar-refractivity contribution is 7.22. The highest BCUT2D eigenvalue weighted by Gasteiger charge is 2.24. The van der Waals surface area contributed by atoms with Crippen LogP contribution in [-0.2, 0) is 0 Å². The van der Waals surface area contributed by atoms with Crippen LogP contribution in [0.4, 0.5) is 5.13 Å². The van der Waals surface area contributed by atoms with Crippen LogP contribution in [0.15, 0.2) is 42.5 Å². The Morgan fingerprint density at radius 1 is 1.11 bits per heavy atom. The molecule has 7 heteroatoms. The van der Waals surface area contributed by atoms with Crippen LogP contribution < -0.4 is 14.4 Å². The van der Waals surface area contributed by atoms with E-state index in [9.17, 15) is 4.79 Å². The van der Waals surface area contributed by atoms with Gasteiger partial charge in [-0.3, -0.25) is 4.79 Å². The Morgan fingerprint density at radius 3 is 2.54 bits per heavy atom. The van der Waals surface area contributed by atoms with E-state index in [0.29, 0.717) is 25.3 Å². The van der Waals surface area contributed by atoms with Gasteiger partial charge in [0.05, 0.1) is 18.4 Å². The number of amides is 1. The Bertz CT molecular complexity index is 963. The summed E-state index contributed by atoms with van der Waals surface area (Å²) in [7, 11) is 1.62. The van der Waals surface area contributed by atoms with Crippen LogP contribution in [0.1, 0.15) is 17.3 Å². The number of fused-ring (bicyclic) bond motifs is 1. The fourth-order valence-electron chi connectivity index (χ4n) is 3.34. The van der Waals surface area contributed by atoms with Gasteiger partial charge in [-0.05, 0) is 43.3 Å². The third kappa shape index (κ3) is 3.62. The van der Waals surface area contributed by atoms with Crippen molar-refractivity contribution in [2.75, 3.05) is 44.8 Å². The van der Waals surface area contributed by atoms with Gasteiger partial charge in [0.1, 0.15) is 17.0 Å². The molecule has 146 valence electrons. The normalized spacial score (nSPS) is 14.4. The summed E-state index contributed by atoms with van der Waals surface area (Å²) in [5.41, 5.74) is 1.61. The number of benzene rings is 2. The van der Waals surface area contributed by atoms with Crippen molar-refractivity contribution >= 4 is 32.6 Å². The summed E-state index contributed by atoms with van der Waals surface area (Å²) in [6.07, 6.45) is 0. The largest absolute Gasteiger partial charge is 0.497 e. The van der Waals surface area contributed by atoms with E-state index in [4.69, 9.17) is 14.5 Å². The SMILES string of the molecule is CCOc1cccc2sc(N3CCN(C(=O)c4ccc(OC)cc4)CC3)nc12. The molecule has 1 aliphatic rings. The molecule has 0 N–H and O–H groups in total. The maximum absolute atomic E-state index is 12.7. The topological polar surface area (TPSA) is 54.9 Å². The van der Waals surface area contributed by atoms with Crippen LogP contribution in [0, 0.1) is 0 Å². The van der Waals surface area contributed by atoms with Crippen molar-refractivity contribution in [3.63, 3.8) is 0 Å². The maximum atomic E-state index is 12.7. The molecule has 2 heterocycles. The number of nitrogens with zero attached hydrogens (tertiary/aromatic N) is 3. The summed E-state index contributed by atoms with van der Waals surface area (Å²) in [6.45, 7) is 5.50. The van der Waals surface area contributed by atoms with Crippen LogP contribution in [0.5, 0.6) is 11.5 Å². The first kappa shape index (κ1) is 18.6. The number of anilines is 1. The van der Waals surface area contributed by atoms with Gasteiger partial charge in [0.2, 0.25) is 0 Å². The Balaban J connectivity index is 1.44. The fourth-order valence-corrected chi connectivity index (χ4v) is 4.37. The number of hydrogen-bond acceptors (Lipinski definition) is 6. The molecule has 2 aromatic carbocycles. The zero-order valence-corrected chi connectivity index (χ0v) is 16.9. The second kappa shape index (κ2) is 8.06. The van der Waals surface area contributed by atoms with E-state index in [1.165, 1.54) is 0 Å². The van der Waals surface area contributed by atoms with Gasteiger partial charge < -0.3 is 19.3 Å². The van der Waals surface area contributed by atoms with Crippen molar-refractivity contribution in [2.45, 2.75) is 6.92 Å². The molecule has 1 aromatic heterocycles. The van der Waals surface area contributed by atoms with Crippen LogP contribution in [0.2, 0.25) is 0 Å². The first-order chi connectivity index (χ1) is 13.7. The Hall–Kier alpha value is -2.80. The number of thiazole rings is 1. The molecule has 0 atom stereocenters. The Kier molecular flexibility index (Phi) is 5.34. The van der Waals surface area contributed by atoms with Crippen molar-refractivity contribution in [1.82, 2.24) is 9.88 Å². The van der Waals surface area contributed by atoms with Crippen LogP contribution in [-0.4, -0.2) is 55.7 Å². The number of carbonyl (C=O) groups is 1. The van der Waals surface area contributed by atoms with Gasteiger partial charge in [-0.2, -0.15) is 0 Å². The van der Waals surface area contributed by atoms with Crippen molar-refractivity contribution in [1.29, 1.82) is 0 Å². The molecule has 0 spiro atoms. The summed E-state index contributed by atoms with van der Waals surface area (Å²) in [6, 6.07) is 13.3. The van der Waals surface area contributed by atoms with Gasteiger partial charge in [0.15, 0.2) is 5.13 Å². The number of para-hydroxylation sites is 1. The second-order valence-electron chi connectivity index (χ2n) is 6.54. The number of hydrogen-bond donors (Lipinski definition) is 0. The van der Waals surface area contributed by atoms with E-state index in [-0.39, 0.29) is 5.91 Å². The van der Waals surface area contributed by atoms with Gasteiger partial charge in [-0.15, -0.1) is 0 Å². The molecule has 3 aromatic rings. The third-order valence-electron chi connectivity index (χ3n) is 4.84. The predicted molar refractivity (Wildman–Crippen MR) is 112 cm³/mol. The number of ether oxygens (including phenoxy) is 2. The predicted octanol–water partition coefficient (Wildman–Crippen LogP) is 3.67. The Labute approximate surface area is 168 Å². The molecule has 1 amide bonds. The van der Waals surface area contributed by atoms with Gasteiger partial charge in [-0.25, -0.2) is 4.98 Å². The summed E-state index contributed by atoms with van der Waals surface area (Å²) >= 11 is 1.67. The van der Waals surface area contributed by atoms with E-state index in [2.05, 4.69) is 11.0 Å². The Morgan fingerprint density at radius 2 is 1.86 bits per heavy atom. The lowest BCUT2D eigenvalue weighted by molar-refractivity contribution is 0.0746. The first-order valence-corrected chi connectivity index (χ1v) is 10.2. The van der Waals surface area contributed by atoms with Gasteiger partial charge >= 0.3 is 0 Å². The minimum atomic E-state index is 0.0604. The molecule has 4 rings (SSSR count). The molecular formula is C21H23N3O3S.